The zero-order chi connectivity index (χ0) is 81.9. The fourth-order valence-corrected chi connectivity index (χ4v) is 13.2. The van der Waals surface area contributed by atoms with Crippen molar-refractivity contribution in [3.05, 3.63) is 208 Å². The summed E-state index contributed by atoms with van der Waals surface area (Å²) in [6, 6.07) is 50.0. The van der Waals surface area contributed by atoms with E-state index >= 15 is 0 Å². The Morgan fingerprint density at radius 1 is 0.237 bits per heavy atom. The molecule has 10 aromatic carbocycles. The number of hydrogen-bond donors (Lipinski definition) is 5. The largest absolute Gasteiger partial charge is 0.436 e. The summed E-state index contributed by atoms with van der Waals surface area (Å²) in [6.45, 7) is 17.6. The summed E-state index contributed by atoms with van der Waals surface area (Å²) in [7, 11) is 0. The summed E-state index contributed by atoms with van der Waals surface area (Å²) in [5.41, 5.74) is 12.2. The number of amides is 15. The van der Waals surface area contributed by atoms with Gasteiger partial charge in [0.2, 0.25) is 0 Å². The molecule has 5 saturated heterocycles. The van der Waals surface area contributed by atoms with Gasteiger partial charge in [0.25, 0.3) is 59.1 Å². The predicted molar refractivity (Wildman–Crippen MR) is 418 cm³/mol. The molecule has 10 aromatic rings. The number of imide groups is 5. The summed E-state index contributed by atoms with van der Waals surface area (Å²) in [6.07, 6.45) is -3.62. The number of carbonyl (C=O) groups excluding carboxylic acids is 15. The summed E-state index contributed by atoms with van der Waals surface area (Å²) in [5, 5.41) is 25.0. The lowest BCUT2D eigenvalue weighted by molar-refractivity contribution is -0.171. The van der Waals surface area contributed by atoms with Gasteiger partial charge in [0.15, 0.2) is 0 Å². The standard InChI is InChI=1S/C18H18N2O4.2C17H16N2O4.2C16H14N2O4/c1-10-6-12(3)17-13(7-10)8-11(2)9-14(17)19-18(23)24-20-15(21)4-5-16(20)22;1-10-3-4-13-12(7-10)8-11(2)9-14(13)18-17(22)23-19-15(20)5-6-16(19)21;1-10-8-12-5-3-4-11(2)16(12)13(9-10)18-17(22)23-19-14(20)6-7-15(19)21;1-10-5-6-12-11(9-10)3-2-4-13(12)17-16(21)22-18-14(19)7-8-15(18)20;1-10-8-11-4-2-3-5-12(11)13(9-10)17-16(21)22-18-14(19)6-7-15(18)20/h6-9H,4-5H2,1-3H3,(H,19,23);3-4,7-9H,5-6H2,1-2H3,(H,18,22);3-5,8-9H,6-7H2,1-2H3,(H,18,22);2-6,9H,7-8H2,1H3,(H,17,21);2-5,8-9H,6-7H2,1H3,(H,17,21). The van der Waals surface area contributed by atoms with E-state index < -0.39 is 89.5 Å². The number of benzene rings is 10. The van der Waals surface area contributed by atoms with Gasteiger partial charge in [0, 0.05) is 91.1 Å². The molecular formula is C84H78N10O20. The zero-order valence-corrected chi connectivity index (χ0v) is 63.5. The molecular weight excluding hydrogens is 1470 g/mol. The molecule has 30 nitrogen and oxygen atoms in total. The maximum Gasteiger partial charge on any atom is 0.436 e. The van der Waals surface area contributed by atoms with Crippen LogP contribution >= 0.6 is 0 Å². The van der Waals surface area contributed by atoms with Crippen LogP contribution in [0.4, 0.5) is 52.4 Å². The third-order valence-corrected chi connectivity index (χ3v) is 18.2. The molecule has 0 bridgehead atoms. The topological polar surface area (TPSA) is 379 Å². The first-order chi connectivity index (χ1) is 54.3. The molecule has 584 valence electrons. The van der Waals surface area contributed by atoms with Crippen LogP contribution in [0.3, 0.4) is 0 Å². The number of hydrogen-bond acceptors (Lipinski definition) is 20. The summed E-state index contributed by atoms with van der Waals surface area (Å²) in [4.78, 5) is 199. The Bertz CT molecular complexity index is 5590. The Balaban J connectivity index is 0.000000141. The SMILES string of the molecule is Cc1cc(C)c2c(NC(=O)ON3C(=O)CCC3=O)cc(C)cc2c1.Cc1cc(NC(=O)ON2C(=O)CCC2=O)c2c(C)cccc2c1.Cc1cc(NC(=O)ON2C(=O)CCC2=O)c2ccccc2c1.Cc1ccc2c(NC(=O)ON3C(=O)CCC3=O)cc(C)cc2c1.Cc1ccc2c(NC(=O)ON3C(=O)CCC3=O)cccc2c1. The Labute approximate surface area is 651 Å². The zero-order valence-electron chi connectivity index (χ0n) is 63.5. The van der Waals surface area contributed by atoms with E-state index in [-0.39, 0.29) is 64.2 Å². The van der Waals surface area contributed by atoms with Crippen LogP contribution in [-0.4, -0.2) is 115 Å². The monoisotopic (exact) mass is 1550 g/mol. The molecule has 5 heterocycles. The van der Waals surface area contributed by atoms with Crippen molar-refractivity contribution < 1.29 is 96.1 Å². The van der Waals surface area contributed by atoms with Crippen LogP contribution in [-0.2, 0) is 72.1 Å². The van der Waals surface area contributed by atoms with Crippen LogP contribution in [0.5, 0.6) is 0 Å². The van der Waals surface area contributed by atoms with E-state index in [1.165, 1.54) is 0 Å². The van der Waals surface area contributed by atoms with Gasteiger partial charge in [-0.1, -0.05) is 144 Å². The van der Waals surface area contributed by atoms with Crippen LogP contribution in [0, 0.1) is 62.3 Å². The highest BCUT2D eigenvalue weighted by Crippen LogP contribution is 2.34. The smallest absolute Gasteiger partial charge is 0.311 e. The number of nitrogens with one attached hydrogen (secondary N) is 5. The summed E-state index contributed by atoms with van der Waals surface area (Å²) < 4.78 is 0. The van der Waals surface area contributed by atoms with Crippen LogP contribution in [0.1, 0.15) is 114 Å². The molecule has 5 N–H and O–H groups in total. The van der Waals surface area contributed by atoms with Crippen molar-refractivity contribution in [1.82, 2.24) is 25.3 Å². The molecule has 114 heavy (non-hydrogen) atoms. The number of rotatable bonds is 10. The molecule has 15 amide bonds. The Hall–Kier alpha value is -14.5. The van der Waals surface area contributed by atoms with Gasteiger partial charge in [-0.3, -0.25) is 74.5 Å². The molecule has 0 unspecified atom stereocenters. The maximum absolute atomic E-state index is 12.1. The molecule has 0 radical (unpaired) electrons. The fraction of sp³-hybridized carbons (Fsp3) is 0.226. The number of anilines is 5. The third kappa shape index (κ3) is 19.6. The van der Waals surface area contributed by atoms with E-state index in [1.54, 1.807) is 12.1 Å². The molecule has 5 aliphatic heterocycles. The minimum absolute atomic E-state index is 0.0673. The number of carbonyl (C=O) groups is 15. The predicted octanol–water partition coefficient (Wildman–Crippen LogP) is 15.0. The molecule has 30 heteroatoms. The van der Waals surface area contributed by atoms with Crippen molar-refractivity contribution in [3.63, 3.8) is 0 Å². The Morgan fingerprint density at radius 3 is 0.904 bits per heavy atom. The van der Waals surface area contributed by atoms with Gasteiger partial charge in [-0.2, -0.15) is 0 Å². The molecule has 0 aliphatic carbocycles. The molecule has 5 aliphatic rings. The van der Waals surface area contributed by atoms with Crippen molar-refractivity contribution in [1.29, 1.82) is 0 Å². The number of nitrogens with zero attached hydrogens (tertiary/aromatic N) is 5. The van der Waals surface area contributed by atoms with E-state index in [4.69, 9.17) is 24.2 Å². The molecule has 0 aromatic heterocycles. The van der Waals surface area contributed by atoms with Gasteiger partial charge in [-0.25, -0.2) is 24.0 Å². The van der Waals surface area contributed by atoms with Crippen LogP contribution in [0.15, 0.2) is 158 Å². The summed E-state index contributed by atoms with van der Waals surface area (Å²) >= 11 is 0. The maximum atomic E-state index is 12.1. The highest BCUT2D eigenvalue weighted by molar-refractivity contribution is 6.10. The minimum Gasteiger partial charge on any atom is -0.311 e. The van der Waals surface area contributed by atoms with Gasteiger partial charge in [-0.05, 0) is 153 Å². The lowest BCUT2D eigenvalue weighted by Gasteiger charge is -2.16. The van der Waals surface area contributed by atoms with E-state index in [2.05, 4.69) is 26.6 Å². The van der Waals surface area contributed by atoms with Gasteiger partial charge in [-0.15, -0.1) is 25.3 Å². The van der Waals surface area contributed by atoms with E-state index in [9.17, 15) is 71.9 Å². The van der Waals surface area contributed by atoms with Gasteiger partial charge < -0.3 is 24.2 Å². The lowest BCUT2D eigenvalue weighted by Crippen LogP contribution is -2.34. The van der Waals surface area contributed by atoms with Gasteiger partial charge in [0.05, 0.1) is 28.4 Å². The molecule has 5 fully saturated rings. The molecule has 0 spiro atoms. The second-order valence-corrected chi connectivity index (χ2v) is 27.5. The van der Waals surface area contributed by atoms with Crippen LogP contribution in [0.25, 0.3) is 53.9 Å². The van der Waals surface area contributed by atoms with Gasteiger partial charge >= 0.3 is 30.5 Å². The summed E-state index contributed by atoms with van der Waals surface area (Å²) in [5.74, 6) is -5.05. The van der Waals surface area contributed by atoms with E-state index in [0.29, 0.717) is 53.8 Å². The fourth-order valence-electron chi connectivity index (χ4n) is 13.2. The average Bonchev–Trinajstić information content (AvgIpc) is 0.984. The van der Waals surface area contributed by atoms with Crippen molar-refractivity contribution in [2.24, 2.45) is 0 Å². The average molecular weight is 1550 g/mol. The van der Waals surface area contributed by atoms with Gasteiger partial charge in [0.1, 0.15) is 0 Å². The number of hydroxylamine groups is 10. The number of aryl methyl sites for hydroxylation is 9. The second kappa shape index (κ2) is 35.1. The normalized spacial score (nSPS) is 14.4. The van der Waals surface area contributed by atoms with Crippen molar-refractivity contribution in [3.8, 4) is 0 Å². The van der Waals surface area contributed by atoms with Crippen LogP contribution < -0.4 is 26.6 Å². The first-order valence-corrected chi connectivity index (χ1v) is 36.1. The minimum atomic E-state index is -0.864. The highest BCUT2D eigenvalue weighted by Gasteiger charge is 2.37. The first kappa shape index (κ1) is 80.6. The van der Waals surface area contributed by atoms with Crippen molar-refractivity contribution in [2.75, 3.05) is 26.6 Å². The lowest BCUT2D eigenvalue weighted by atomic mass is 9.99. The number of fused-ring (bicyclic) bond motifs is 5. The van der Waals surface area contributed by atoms with Crippen molar-refractivity contribution >= 4 is 172 Å². The first-order valence-electron chi connectivity index (χ1n) is 36.1. The third-order valence-electron chi connectivity index (χ3n) is 18.2. The Morgan fingerprint density at radius 2 is 0.500 bits per heavy atom. The highest BCUT2D eigenvalue weighted by atomic mass is 16.8. The van der Waals surface area contributed by atoms with E-state index in [1.807, 2.05) is 208 Å². The quantitative estimate of drug-likeness (QED) is 0.0794. The molecule has 0 atom stereocenters. The van der Waals surface area contributed by atoms with Crippen LogP contribution in [0.2, 0.25) is 0 Å². The Kier molecular flexibility index (Phi) is 24.8. The van der Waals surface area contributed by atoms with Crippen molar-refractivity contribution in [2.45, 2.75) is 127 Å². The second-order valence-electron chi connectivity index (χ2n) is 27.5. The van der Waals surface area contributed by atoms with E-state index in [0.717, 1.165) is 104 Å². The molecule has 15 rings (SSSR count). The molecule has 0 saturated carbocycles.